The maximum atomic E-state index is 12.0. The predicted octanol–water partition coefficient (Wildman–Crippen LogP) is 6.39. The van der Waals surface area contributed by atoms with Crippen LogP contribution in [0.25, 0.3) is 11.3 Å². The molecular formula is C24H25Cl2N3OS. The number of thiazole rings is 1. The summed E-state index contributed by atoms with van der Waals surface area (Å²) < 4.78 is 2.21. The van der Waals surface area contributed by atoms with Gasteiger partial charge in [0.2, 0.25) is 5.91 Å². The van der Waals surface area contributed by atoms with Crippen LogP contribution >= 0.6 is 34.5 Å². The zero-order valence-corrected chi connectivity index (χ0v) is 20.0. The fourth-order valence-electron chi connectivity index (χ4n) is 4.03. The van der Waals surface area contributed by atoms with E-state index in [-0.39, 0.29) is 5.91 Å². The van der Waals surface area contributed by atoms with Crippen molar-refractivity contribution in [3.05, 3.63) is 67.8 Å². The van der Waals surface area contributed by atoms with Crippen molar-refractivity contribution in [1.82, 2.24) is 9.47 Å². The maximum absolute atomic E-state index is 12.0. The van der Waals surface area contributed by atoms with E-state index in [4.69, 9.17) is 28.2 Å². The SMILES string of the molecule is Cc1cc(C)cc(N=c2scc(-c3ccc(Cl)cc3Cl)n2CCCN2CCCC2=O)c1. The minimum absolute atomic E-state index is 0.261. The molecule has 0 bridgehead atoms. The van der Waals surface area contributed by atoms with E-state index in [0.29, 0.717) is 16.5 Å². The van der Waals surface area contributed by atoms with Crippen molar-refractivity contribution in [2.75, 3.05) is 13.1 Å². The Morgan fingerprint density at radius 2 is 1.84 bits per heavy atom. The minimum atomic E-state index is 0.261. The number of hydrogen-bond acceptors (Lipinski definition) is 3. The van der Waals surface area contributed by atoms with Crippen molar-refractivity contribution in [1.29, 1.82) is 0 Å². The average Bonchev–Trinajstić information content (AvgIpc) is 3.28. The first-order chi connectivity index (χ1) is 14.9. The molecule has 0 N–H and O–H groups in total. The molecule has 1 aliphatic rings. The molecule has 31 heavy (non-hydrogen) atoms. The molecule has 1 amide bonds. The molecule has 1 aromatic heterocycles. The number of amides is 1. The van der Waals surface area contributed by atoms with Gasteiger partial charge in [-0.1, -0.05) is 29.3 Å². The summed E-state index contributed by atoms with van der Waals surface area (Å²) in [7, 11) is 0. The molecule has 0 radical (unpaired) electrons. The lowest BCUT2D eigenvalue weighted by Crippen LogP contribution is -2.27. The smallest absolute Gasteiger partial charge is 0.222 e. The fourth-order valence-corrected chi connectivity index (χ4v) is 5.49. The summed E-state index contributed by atoms with van der Waals surface area (Å²) >= 11 is 14.2. The number of benzene rings is 2. The Kier molecular flexibility index (Phi) is 6.85. The van der Waals surface area contributed by atoms with Gasteiger partial charge in [0.1, 0.15) is 0 Å². The molecule has 0 saturated carbocycles. The lowest BCUT2D eigenvalue weighted by Gasteiger charge is -2.16. The third kappa shape index (κ3) is 5.22. The van der Waals surface area contributed by atoms with Gasteiger partial charge in [0.05, 0.1) is 16.4 Å². The lowest BCUT2D eigenvalue weighted by molar-refractivity contribution is -0.127. The summed E-state index contributed by atoms with van der Waals surface area (Å²) in [5.41, 5.74) is 5.27. The number of nitrogens with zero attached hydrogens (tertiary/aromatic N) is 3. The number of halogens is 2. The molecule has 0 aliphatic carbocycles. The van der Waals surface area contributed by atoms with Crippen LogP contribution in [-0.2, 0) is 11.3 Å². The van der Waals surface area contributed by atoms with Gasteiger partial charge in [-0.05, 0) is 68.1 Å². The second-order valence-corrected chi connectivity index (χ2v) is 9.66. The van der Waals surface area contributed by atoms with Gasteiger partial charge in [0.15, 0.2) is 4.80 Å². The van der Waals surface area contributed by atoms with E-state index in [0.717, 1.165) is 54.2 Å². The van der Waals surface area contributed by atoms with Gasteiger partial charge in [0, 0.05) is 42.0 Å². The Bertz CT molecular complexity index is 1160. The van der Waals surface area contributed by atoms with E-state index in [1.54, 1.807) is 17.4 Å². The highest BCUT2D eigenvalue weighted by molar-refractivity contribution is 7.07. The second-order valence-electron chi connectivity index (χ2n) is 7.97. The summed E-state index contributed by atoms with van der Waals surface area (Å²) in [5.74, 6) is 0.261. The predicted molar refractivity (Wildman–Crippen MR) is 129 cm³/mol. The van der Waals surface area contributed by atoms with Crippen LogP contribution in [-0.4, -0.2) is 28.5 Å². The minimum Gasteiger partial charge on any atom is -0.343 e. The highest BCUT2D eigenvalue weighted by Crippen LogP contribution is 2.31. The lowest BCUT2D eigenvalue weighted by atomic mass is 10.1. The number of carbonyl (C=O) groups excluding carboxylic acids is 1. The van der Waals surface area contributed by atoms with Gasteiger partial charge in [0.25, 0.3) is 0 Å². The van der Waals surface area contributed by atoms with Crippen molar-refractivity contribution < 1.29 is 4.79 Å². The molecule has 162 valence electrons. The van der Waals surface area contributed by atoms with Crippen molar-refractivity contribution in [3.63, 3.8) is 0 Å². The monoisotopic (exact) mass is 473 g/mol. The van der Waals surface area contributed by atoms with Crippen LogP contribution in [0.2, 0.25) is 10.0 Å². The topological polar surface area (TPSA) is 37.6 Å². The summed E-state index contributed by atoms with van der Waals surface area (Å²) in [4.78, 5) is 19.8. The summed E-state index contributed by atoms with van der Waals surface area (Å²) in [6.45, 7) is 6.55. The molecule has 2 aromatic carbocycles. The molecule has 3 aromatic rings. The molecular weight excluding hydrogens is 449 g/mol. The van der Waals surface area contributed by atoms with Crippen LogP contribution in [0.5, 0.6) is 0 Å². The second kappa shape index (κ2) is 9.60. The molecule has 0 atom stereocenters. The molecule has 7 heteroatoms. The number of rotatable bonds is 6. The largest absolute Gasteiger partial charge is 0.343 e. The first-order valence-electron chi connectivity index (χ1n) is 10.5. The molecule has 1 aliphatic heterocycles. The van der Waals surface area contributed by atoms with Crippen molar-refractivity contribution in [2.45, 2.75) is 39.7 Å². The molecule has 4 rings (SSSR count). The number of likely N-dealkylation sites (tertiary alicyclic amines) is 1. The Morgan fingerprint density at radius 3 is 2.52 bits per heavy atom. The van der Waals surface area contributed by atoms with Crippen LogP contribution in [0.3, 0.4) is 0 Å². The van der Waals surface area contributed by atoms with E-state index >= 15 is 0 Å². The zero-order chi connectivity index (χ0) is 22.0. The van der Waals surface area contributed by atoms with Gasteiger partial charge in [-0.2, -0.15) is 0 Å². The Balaban J connectivity index is 1.71. The summed E-state index contributed by atoms with van der Waals surface area (Å²) in [6, 6.07) is 11.9. The van der Waals surface area contributed by atoms with Crippen LogP contribution < -0.4 is 4.80 Å². The third-order valence-electron chi connectivity index (χ3n) is 5.42. The molecule has 2 heterocycles. The van der Waals surface area contributed by atoms with E-state index < -0.39 is 0 Å². The Morgan fingerprint density at radius 1 is 1.06 bits per heavy atom. The van der Waals surface area contributed by atoms with Gasteiger partial charge in [-0.3, -0.25) is 4.79 Å². The number of hydrogen-bond donors (Lipinski definition) is 0. The Hall–Kier alpha value is -2.08. The van der Waals surface area contributed by atoms with Crippen LogP contribution in [0, 0.1) is 13.8 Å². The average molecular weight is 474 g/mol. The molecule has 4 nitrogen and oxygen atoms in total. The fraction of sp³-hybridized carbons (Fsp3) is 0.333. The van der Waals surface area contributed by atoms with Gasteiger partial charge in [-0.25, -0.2) is 4.99 Å². The number of carbonyl (C=O) groups is 1. The first kappa shape index (κ1) is 22.1. The molecule has 1 saturated heterocycles. The highest BCUT2D eigenvalue weighted by Gasteiger charge is 2.19. The molecule has 1 fully saturated rings. The molecule has 0 spiro atoms. The van der Waals surface area contributed by atoms with Gasteiger partial charge in [-0.15, -0.1) is 11.3 Å². The number of aryl methyl sites for hydroxylation is 2. The van der Waals surface area contributed by atoms with Crippen LogP contribution in [0.15, 0.2) is 46.8 Å². The quantitative estimate of drug-likeness (QED) is 0.408. The molecule has 0 unspecified atom stereocenters. The van der Waals surface area contributed by atoms with Crippen LogP contribution in [0.1, 0.15) is 30.4 Å². The maximum Gasteiger partial charge on any atom is 0.222 e. The van der Waals surface area contributed by atoms with Crippen molar-refractivity contribution in [3.8, 4) is 11.3 Å². The van der Waals surface area contributed by atoms with E-state index in [9.17, 15) is 4.79 Å². The summed E-state index contributed by atoms with van der Waals surface area (Å²) in [6.07, 6.45) is 2.49. The first-order valence-corrected chi connectivity index (χ1v) is 12.1. The van der Waals surface area contributed by atoms with Crippen LogP contribution in [0.4, 0.5) is 5.69 Å². The third-order valence-corrected chi connectivity index (χ3v) is 6.83. The Labute approximate surface area is 196 Å². The number of aromatic nitrogens is 1. The van der Waals surface area contributed by atoms with E-state index in [2.05, 4.69) is 42.0 Å². The summed E-state index contributed by atoms with van der Waals surface area (Å²) in [5, 5.41) is 3.33. The van der Waals surface area contributed by atoms with E-state index in [1.165, 1.54) is 11.1 Å². The van der Waals surface area contributed by atoms with Gasteiger partial charge < -0.3 is 9.47 Å². The van der Waals surface area contributed by atoms with E-state index in [1.807, 2.05) is 17.0 Å². The van der Waals surface area contributed by atoms with Crippen molar-refractivity contribution >= 4 is 46.1 Å². The van der Waals surface area contributed by atoms with Crippen molar-refractivity contribution in [2.24, 2.45) is 4.99 Å². The normalized spacial score (nSPS) is 14.6. The highest BCUT2D eigenvalue weighted by atomic mass is 35.5. The standard InChI is InChI=1S/C24H25Cl2N3OS/c1-16-11-17(2)13-19(12-16)27-24-29(10-4-9-28-8-3-5-23(28)30)22(15-31-24)20-7-6-18(25)14-21(20)26/h6-7,11-15H,3-5,8-10H2,1-2H3. The zero-order valence-electron chi connectivity index (χ0n) is 17.7. The van der Waals surface area contributed by atoms with Gasteiger partial charge >= 0.3 is 0 Å².